The maximum Gasteiger partial charge on any atom is 0.337 e. The highest BCUT2D eigenvalue weighted by atomic mass is 16.4. The maximum absolute atomic E-state index is 12.1. The minimum atomic E-state index is -1.75. The lowest BCUT2D eigenvalue weighted by Crippen LogP contribution is -2.27. The second-order valence-corrected chi connectivity index (χ2v) is 6.11. The largest absolute Gasteiger partial charge is 0.508 e. The van der Waals surface area contributed by atoms with Gasteiger partial charge in [0.05, 0.1) is 22.3 Å². The Bertz CT molecular complexity index is 1210. The first-order valence-corrected chi connectivity index (χ1v) is 8.13. The van der Waals surface area contributed by atoms with Gasteiger partial charge in [0.1, 0.15) is 5.75 Å². The predicted molar refractivity (Wildman–Crippen MR) is 102 cm³/mol. The maximum atomic E-state index is 12.1. The van der Waals surface area contributed by atoms with Crippen LogP contribution in [0.2, 0.25) is 0 Å². The molecule has 0 bridgehead atoms. The molecule has 0 saturated heterocycles. The Labute approximate surface area is 162 Å². The van der Waals surface area contributed by atoms with Crippen LogP contribution in [-0.4, -0.2) is 39.1 Å². The van der Waals surface area contributed by atoms with Crippen molar-refractivity contribution in [3.05, 3.63) is 64.7 Å². The van der Waals surface area contributed by atoms with E-state index < -0.39 is 46.0 Å². The van der Waals surface area contributed by atoms with Gasteiger partial charge in [0.15, 0.2) is 0 Å². The summed E-state index contributed by atoms with van der Waals surface area (Å²) in [6.07, 6.45) is 0. The van der Waals surface area contributed by atoms with Crippen molar-refractivity contribution in [1.82, 2.24) is 0 Å². The molecule has 9 nitrogen and oxygen atoms in total. The number of nitrogens with two attached hydrogens (primary N) is 2. The zero-order chi connectivity index (χ0) is 21.5. The molecular weight excluding hydrogens is 380 g/mol. The van der Waals surface area contributed by atoms with Crippen molar-refractivity contribution in [2.75, 3.05) is 0 Å². The van der Waals surface area contributed by atoms with Crippen molar-refractivity contribution in [2.24, 2.45) is 11.5 Å². The van der Waals surface area contributed by atoms with Crippen molar-refractivity contribution in [3.63, 3.8) is 0 Å². The van der Waals surface area contributed by atoms with Gasteiger partial charge in [0.25, 0.3) is 0 Å². The molecule has 0 heterocycles. The summed E-state index contributed by atoms with van der Waals surface area (Å²) in [6, 6.07) is 10.1. The topological polar surface area (TPSA) is 181 Å². The van der Waals surface area contributed by atoms with Crippen LogP contribution in [0.4, 0.5) is 0 Å². The summed E-state index contributed by atoms with van der Waals surface area (Å²) in [7, 11) is 0. The SMILES string of the molecule is NC(=O)c1c(C(=O)O)c(C(=O)O)c2c(-c3ccc(O)cc3)cccc2c1C(N)=O. The van der Waals surface area contributed by atoms with Gasteiger partial charge in [-0.25, -0.2) is 9.59 Å². The lowest BCUT2D eigenvalue weighted by Gasteiger charge is -2.18. The van der Waals surface area contributed by atoms with Gasteiger partial charge >= 0.3 is 11.9 Å². The minimum Gasteiger partial charge on any atom is -0.508 e. The number of amides is 2. The van der Waals surface area contributed by atoms with Crippen molar-refractivity contribution in [1.29, 1.82) is 0 Å². The Morgan fingerprint density at radius 3 is 1.72 bits per heavy atom. The number of carbonyl (C=O) groups excluding carboxylic acids is 2. The molecule has 0 aliphatic rings. The lowest BCUT2D eigenvalue weighted by molar-refractivity contribution is 0.0651. The average molecular weight is 394 g/mol. The van der Waals surface area contributed by atoms with E-state index >= 15 is 0 Å². The fourth-order valence-corrected chi connectivity index (χ4v) is 3.35. The number of aromatic hydroxyl groups is 1. The van der Waals surface area contributed by atoms with Crippen LogP contribution in [0.5, 0.6) is 5.75 Å². The highest BCUT2D eigenvalue weighted by Crippen LogP contribution is 2.38. The first kappa shape index (κ1) is 19.4. The Kier molecular flexibility index (Phi) is 4.65. The molecule has 146 valence electrons. The average Bonchev–Trinajstić information content (AvgIpc) is 2.65. The van der Waals surface area contributed by atoms with Crippen LogP contribution in [0, 0.1) is 0 Å². The van der Waals surface area contributed by atoms with Crippen LogP contribution in [0.1, 0.15) is 41.4 Å². The van der Waals surface area contributed by atoms with E-state index in [1.807, 2.05) is 0 Å². The molecule has 3 aromatic carbocycles. The first-order valence-electron chi connectivity index (χ1n) is 8.13. The Balaban J connectivity index is 2.68. The van der Waals surface area contributed by atoms with Crippen molar-refractivity contribution < 1.29 is 34.5 Å². The van der Waals surface area contributed by atoms with Crippen LogP contribution in [-0.2, 0) is 0 Å². The molecule has 0 spiro atoms. The number of benzene rings is 3. The summed E-state index contributed by atoms with van der Waals surface area (Å²) in [5, 5.41) is 28.8. The molecule has 7 N–H and O–H groups in total. The number of phenolic OH excluding ortho intramolecular Hbond substituents is 1. The van der Waals surface area contributed by atoms with E-state index in [2.05, 4.69) is 0 Å². The van der Waals surface area contributed by atoms with Crippen LogP contribution < -0.4 is 11.5 Å². The summed E-state index contributed by atoms with van der Waals surface area (Å²) >= 11 is 0. The number of phenols is 1. The fraction of sp³-hybridized carbons (Fsp3) is 0. The van der Waals surface area contributed by atoms with Gasteiger partial charge in [-0.1, -0.05) is 30.3 Å². The predicted octanol–water partition coefficient (Wildman–Crippen LogP) is 1.81. The van der Waals surface area contributed by atoms with Gasteiger partial charge in [0.2, 0.25) is 11.8 Å². The molecule has 3 aromatic rings. The van der Waals surface area contributed by atoms with Crippen molar-refractivity contribution in [2.45, 2.75) is 0 Å². The molecule has 2 amide bonds. The summed E-state index contributed by atoms with van der Waals surface area (Å²) < 4.78 is 0. The molecule has 0 aliphatic carbocycles. The Morgan fingerprint density at radius 1 is 0.690 bits per heavy atom. The molecule has 0 fully saturated rings. The molecule has 0 aliphatic heterocycles. The highest BCUT2D eigenvalue weighted by molar-refractivity contribution is 6.26. The number of hydrogen-bond donors (Lipinski definition) is 5. The number of carbonyl (C=O) groups is 4. The fourth-order valence-electron chi connectivity index (χ4n) is 3.35. The smallest absolute Gasteiger partial charge is 0.337 e. The van der Waals surface area contributed by atoms with Crippen molar-refractivity contribution in [3.8, 4) is 16.9 Å². The molecule has 0 saturated carbocycles. The second-order valence-electron chi connectivity index (χ2n) is 6.11. The molecule has 0 aromatic heterocycles. The number of rotatable bonds is 5. The molecule has 0 unspecified atom stereocenters. The number of carboxylic acid groups (broad SMARTS) is 2. The van der Waals surface area contributed by atoms with E-state index in [0.717, 1.165) is 0 Å². The van der Waals surface area contributed by atoms with Crippen LogP contribution in [0.3, 0.4) is 0 Å². The van der Waals surface area contributed by atoms with E-state index in [-0.39, 0.29) is 22.1 Å². The van der Waals surface area contributed by atoms with Crippen molar-refractivity contribution >= 4 is 34.5 Å². The monoisotopic (exact) mass is 394 g/mol. The van der Waals surface area contributed by atoms with Crippen LogP contribution in [0.15, 0.2) is 42.5 Å². The van der Waals surface area contributed by atoms with Gasteiger partial charge < -0.3 is 26.8 Å². The minimum absolute atomic E-state index is 0.0284. The van der Waals surface area contributed by atoms with E-state index in [4.69, 9.17) is 11.5 Å². The van der Waals surface area contributed by atoms with Gasteiger partial charge in [-0.2, -0.15) is 0 Å². The zero-order valence-electron chi connectivity index (χ0n) is 14.7. The highest BCUT2D eigenvalue weighted by Gasteiger charge is 2.32. The van der Waals surface area contributed by atoms with E-state index in [1.165, 1.54) is 42.5 Å². The molecular formula is C20H14N2O7. The number of primary amides is 2. The second kappa shape index (κ2) is 6.97. The third-order valence-electron chi connectivity index (χ3n) is 4.43. The number of aromatic carboxylic acids is 2. The van der Waals surface area contributed by atoms with Gasteiger partial charge in [-0.3, -0.25) is 9.59 Å². The Hall–Kier alpha value is -4.40. The summed E-state index contributed by atoms with van der Waals surface area (Å²) in [5.41, 5.74) is 8.53. The summed E-state index contributed by atoms with van der Waals surface area (Å²) in [6.45, 7) is 0. The first-order chi connectivity index (χ1) is 13.6. The van der Waals surface area contributed by atoms with E-state index in [0.29, 0.717) is 5.56 Å². The normalized spacial score (nSPS) is 10.6. The molecule has 0 atom stereocenters. The number of hydrogen-bond acceptors (Lipinski definition) is 5. The standard InChI is InChI=1S/C20H14N2O7/c21-17(24)13-11-3-1-2-10(8-4-6-9(23)7-5-8)12(11)15(19(26)27)16(20(28)29)14(13)18(22)25/h1-7,23H,(H2,21,24)(H2,22,25)(H,26,27)(H,28,29). The number of fused-ring (bicyclic) bond motifs is 1. The van der Waals surface area contributed by atoms with Crippen LogP contribution >= 0.6 is 0 Å². The quantitative estimate of drug-likeness (QED) is 0.437. The third-order valence-corrected chi connectivity index (χ3v) is 4.43. The molecule has 3 rings (SSSR count). The summed E-state index contributed by atoms with van der Waals surface area (Å²) in [5.74, 6) is -5.84. The van der Waals surface area contributed by atoms with E-state index in [9.17, 15) is 34.5 Å². The number of carboxylic acids is 2. The van der Waals surface area contributed by atoms with Gasteiger partial charge in [-0.15, -0.1) is 0 Å². The molecule has 29 heavy (non-hydrogen) atoms. The van der Waals surface area contributed by atoms with Crippen LogP contribution in [0.25, 0.3) is 21.9 Å². The lowest BCUT2D eigenvalue weighted by atomic mass is 9.84. The van der Waals surface area contributed by atoms with E-state index in [1.54, 1.807) is 0 Å². The summed E-state index contributed by atoms with van der Waals surface area (Å²) in [4.78, 5) is 48.1. The van der Waals surface area contributed by atoms with Gasteiger partial charge in [0, 0.05) is 5.39 Å². The molecule has 9 heteroatoms. The zero-order valence-corrected chi connectivity index (χ0v) is 14.7. The van der Waals surface area contributed by atoms with Gasteiger partial charge in [-0.05, 0) is 28.6 Å². The third kappa shape index (κ3) is 3.10. The Morgan fingerprint density at radius 2 is 1.24 bits per heavy atom. The molecule has 0 radical (unpaired) electrons.